The molecule has 2 aromatic carbocycles. The first kappa shape index (κ1) is 17.0. The number of amides is 1. The van der Waals surface area contributed by atoms with Crippen LogP contribution in [0.3, 0.4) is 0 Å². The molecule has 3 aromatic rings. The van der Waals surface area contributed by atoms with E-state index in [1.54, 1.807) is 6.07 Å². The number of carbonyl (C=O) groups excluding carboxylic acids is 1. The van der Waals surface area contributed by atoms with E-state index in [0.717, 1.165) is 23.3 Å². The Morgan fingerprint density at radius 1 is 1.07 bits per heavy atom. The van der Waals surface area contributed by atoms with E-state index >= 15 is 0 Å². The van der Waals surface area contributed by atoms with Crippen molar-refractivity contribution in [3.05, 3.63) is 82.6 Å². The Balaban J connectivity index is 1.38. The van der Waals surface area contributed by atoms with E-state index in [4.69, 9.17) is 4.74 Å². The van der Waals surface area contributed by atoms with Gasteiger partial charge in [-0.1, -0.05) is 48.5 Å². The van der Waals surface area contributed by atoms with Gasteiger partial charge in [0.2, 0.25) is 5.91 Å². The Morgan fingerprint density at radius 2 is 1.85 bits per heavy atom. The third kappa shape index (κ3) is 3.89. The highest BCUT2D eigenvalue weighted by Crippen LogP contribution is 2.27. The Labute approximate surface area is 156 Å². The molecule has 1 aliphatic rings. The lowest BCUT2D eigenvalue weighted by atomic mass is 10.1. The highest BCUT2D eigenvalue weighted by Gasteiger charge is 2.22. The van der Waals surface area contributed by atoms with E-state index in [1.807, 2.05) is 54.6 Å². The van der Waals surface area contributed by atoms with Crippen LogP contribution in [0, 0.1) is 0 Å². The summed E-state index contributed by atoms with van der Waals surface area (Å²) in [6.45, 7) is 0.264. The van der Waals surface area contributed by atoms with Gasteiger partial charge in [0.25, 0.3) is 5.56 Å². The lowest BCUT2D eigenvalue weighted by molar-refractivity contribution is -0.122. The third-order valence-electron chi connectivity index (χ3n) is 4.47. The predicted molar refractivity (Wildman–Crippen MR) is 102 cm³/mol. The van der Waals surface area contributed by atoms with Gasteiger partial charge in [-0.2, -0.15) is 5.10 Å². The minimum absolute atomic E-state index is 0.0910. The minimum atomic E-state index is -0.311. The summed E-state index contributed by atoms with van der Waals surface area (Å²) in [6.07, 6.45) is 0.671. The van der Waals surface area contributed by atoms with Crippen LogP contribution >= 0.6 is 0 Å². The van der Waals surface area contributed by atoms with Crippen molar-refractivity contribution in [2.75, 3.05) is 6.54 Å². The summed E-state index contributed by atoms with van der Waals surface area (Å²) >= 11 is 0. The first-order chi connectivity index (χ1) is 13.2. The average molecular weight is 361 g/mol. The Morgan fingerprint density at radius 3 is 2.67 bits per heavy atom. The SMILES string of the molecule is O=C(Cn1nc(-c2ccccc2)ccc1=O)NC[C@H]1Cc2ccccc2O1. The van der Waals surface area contributed by atoms with Crippen LogP contribution in [0.4, 0.5) is 0 Å². The topological polar surface area (TPSA) is 73.2 Å². The van der Waals surface area contributed by atoms with Crippen LogP contribution in [0.25, 0.3) is 11.3 Å². The zero-order valence-corrected chi connectivity index (χ0v) is 14.7. The maximum atomic E-state index is 12.3. The number of aromatic nitrogens is 2. The fourth-order valence-electron chi connectivity index (χ4n) is 3.11. The summed E-state index contributed by atoms with van der Waals surface area (Å²) in [5, 5.41) is 7.14. The second-order valence-corrected chi connectivity index (χ2v) is 6.44. The zero-order chi connectivity index (χ0) is 18.6. The number of ether oxygens (including phenoxy) is 1. The molecule has 0 fully saturated rings. The second-order valence-electron chi connectivity index (χ2n) is 6.44. The number of nitrogens with one attached hydrogen (secondary N) is 1. The molecule has 0 radical (unpaired) electrons. The summed E-state index contributed by atoms with van der Waals surface area (Å²) in [4.78, 5) is 24.3. The minimum Gasteiger partial charge on any atom is -0.488 e. The van der Waals surface area contributed by atoms with Gasteiger partial charge in [-0.05, 0) is 17.7 Å². The van der Waals surface area contributed by atoms with Crippen LogP contribution in [-0.2, 0) is 17.8 Å². The van der Waals surface area contributed by atoms with Crippen molar-refractivity contribution in [2.24, 2.45) is 0 Å². The number of hydrogen-bond donors (Lipinski definition) is 1. The van der Waals surface area contributed by atoms with E-state index in [9.17, 15) is 9.59 Å². The van der Waals surface area contributed by atoms with Crippen molar-refractivity contribution in [3.8, 4) is 17.0 Å². The molecule has 4 rings (SSSR count). The van der Waals surface area contributed by atoms with Crippen LogP contribution in [-0.4, -0.2) is 28.3 Å². The maximum Gasteiger partial charge on any atom is 0.267 e. The van der Waals surface area contributed by atoms with Crippen molar-refractivity contribution in [1.29, 1.82) is 0 Å². The van der Waals surface area contributed by atoms with Crippen LogP contribution in [0.5, 0.6) is 5.75 Å². The molecule has 27 heavy (non-hydrogen) atoms. The Bertz CT molecular complexity index is 989. The van der Waals surface area contributed by atoms with Gasteiger partial charge >= 0.3 is 0 Å². The predicted octanol–water partition coefficient (Wildman–Crippen LogP) is 2.03. The van der Waals surface area contributed by atoms with Crippen molar-refractivity contribution in [2.45, 2.75) is 19.1 Å². The molecule has 1 aliphatic heterocycles. The van der Waals surface area contributed by atoms with Gasteiger partial charge in [-0.25, -0.2) is 4.68 Å². The van der Waals surface area contributed by atoms with E-state index in [-0.39, 0.29) is 24.1 Å². The van der Waals surface area contributed by atoms with E-state index in [2.05, 4.69) is 10.4 Å². The second kappa shape index (κ2) is 7.45. The number of carbonyl (C=O) groups is 1. The van der Waals surface area contributed by atoms with Crippen LogP contribution in [0.1, 0.15) is 5.56 Å². The molecule has 0 spiro atoms. The molecule has 1 N–H and O–H groups in total. The zero-order valence-electron chi connectivity index (χ0n) is 14.7. The summed E-state index contributed by atoms with van der Waals surface area (Å²) < 4.78 is 6.99. The fraction of sp³-hybridized carbons (Fsp3) is 0.190. The molecule has 1 aromatic heterocycles. The lowest BCUT2D eigenvalue weighted by Crippen LogP contribution is -2.38. The van der Waals surface area contributed by atoms with Crippen molar-refractivity contribution >= 4 is 5.91 Å². The van der Waals surface area contributed by atoms with Crippen LogP contribution in [0.15, 0.2) is 71.5 Å². The average Bonchev–Trinajstić information content (AvgIpc) is 3.12. The number of fused-ring (bicyclic) bond motifs is 1. The van der Waals surface area contributed by atoms with Crippen LogP contribution in [0.2, 0.25) is 0 Å². The van der Waals surface area contributed by atoms with Gasteiger partial charge < -0.3 is 10.1 Å². The monoisotopic (exact) mass is 361 g/mol. The molecule has 0 aliphatic carbocycles. The normalized spacial score (nSPS) is 15.0. The van der Waals surface area contributed by atoms with Gasteiger partial charge in [-0.15, -0.1) is 0 Å². The van der Waals surface area contributed by atoms with E-state index < -0.39 is 0 Å². The largest absolute Gasteiger partial charge is 0.488 e. The smallest absolute Gasteiger partial charge is 0.267 e. The van der Waals surface area contributed by atoms with Crippen LogP contribution < -0.4 is 15.6 Å². The van der Waals surface area contributed by atoms with Crippen molar-refractivity contribution < 1.29 is 9.53 Å². The van der Waals surface area contributed by atoms with Crippen molar-refractivity contribution in [3.63, 3.8) is 0 Å². The highest BCUT2D eigenvalue weighted by molar-refractivity contribution is 5.75. The fourth-order valence-corrected chi connectivity index (χ4v) is 3.11. The molecule has 0 bridgehead atoms. The van der Waals surface area contributed by atoms with E-state index in [0.29, 0.717) is 12.2 Å². The molecule has 136 valence electrons. The van der Waals surface area contributed by atoms with Gasteiger partial charge in [0.15, 0.2) is 0 Å². The summed E-state index contributed by atoms with van der Waals surface area (Å²) in [5.41, 5.74) is 2.38. The van der Waals surface area contributed by atoms with Crippen molar-refractivity contribution in [1.82, 2.24) is 15.1 Å². The number of rotatable bonds is 5. The molecule has 0 saturated heterocycles. The molecule has 1 atom stereocenters. The molecule has 0 saturated carbocycles. The Kier molecular flexibility index (Phi) is 4.70. The summed E-state index contributed by atoms with van der Waals surface area (Å²) in [6, 6.07) is 20.5. The number of nitrogens with zero attached hydrogens (tertiary/aromatic N) is 2. The highest BCUT2D eigenvalue weighted by atomic mass is 16.5. The summed E-state index contributed by atoms with van der Waals surface area (Å²) in [5.74, 6) is 0.597. The molecule has 6 heteroatoms. The molecule has 6 nitrogen and oxygen atoms in total. The first-order valence-corrected chi connectivity index (χ1v) is 8.84. The van der Waals surface area contributed by atoms with Gasteiger partial charge in [0, 0.05) is 18.1 Å². The maximum absolute atomic E-state index is 12.3. The molecular formula is C21H19N3O3. The first-order valence-electron chi connectivity index (χ1n) is 8.84. The van der Waals surface area contributed by atoms with E-state index in [1.165, 1.54) is 10.7 Å². The lowest BCUT2D eigenvalue weighted by Gasteiger charge is -2.12. The van der Waals surface area contributed by atoms with Gasteiger partial charge in [0.1, 0.15) is 18.4 Å². The molecule has 1 amide bonds. The third-order valence-corrected chi connectivity index (χ3v) is 4.47. The molecular weight excluding hydrogens is 342 g/mol. The number of para-hydroxylation sites is 1. The molecule has 0 unspecified atom stereocenters. The standard InChI is InChI=1S/C21H19N3O3/c25-20(22-13-17-12-16-8-4-5-9-19(16)27-17)14-24-21(26)11-10-18(23-24)15-6-2-1-3-7-15/h1-11,17H,12-14H2,(H,22,25)/t17-/m1/s1. The number of benzene rings is 2. The van der Waals surface area contributed by atoms with Gasteiger partial charge in [0.05, 0.1) is 12.2 Å². The molecule has 2 heterocycles. The summed E-state index contributed by atoms with van der Waals surface area (Å²) in [7, 11) is 0. The quantitative estimate of drug-likeness (QED) is 0.755. The number of hydrogen-bond acceptors (Lipinski definition) is 4. The Hall–Kier alpha value is -3.41. The van der Waals surface area contributed by atoms with Gasteiger partial charge in [-0.3, -0.25) is 9.59 Å².